The number of hydrogen-bond donors (Lipinski definition) is 2. The highest BCUT2D eigenvalue weighted by Crippen LogP contribution is 2.10. The fraction of sp³-hybridized carbons (Fsp3) is 0.278. The lowest BCUT2D eigenvalue weighted by Gasteiger charge is -2.01. The second-order valence-electron chi connectivity index (χ2n) is 4.27. The van der Waals surface area contributed by atoms with Gasteiger partial charge in [0.05, 0.1) is 14.2 Å². The molecule has 0 aliphatic heterocycles. The molecular formula is C18H26N2O3. The summed E-state index contributed by atoms with van der Waals surface area (Å²) in [5.74, 6) is 1.68. The Kier molecular flexibility index (Phi) is 11.9. The summed E-state index contributed by atoms with van der Waals surface area (Å²) in [6.07, 6.45) is 0.805. The molecule has 0 radical (unpaired) electrons. The number of nitrogens with one attached hydrogen (secondary N) is 1. The van der Waals surface area contributed by atoms with Crippen molar-refractivity contribution in [2.24, 2.45) is 5.73 Å². The van der Waals surface area contributed by atoms with Crippen LogP contribution >= 0.6 is 0 Å². The Balaban J connectivity index is 0.000000381. The van der Waals surface area contributed by atoms with E-state index in [2.05, 4.69) is 23.2 Å². The summed E-state index contributed by atoms with van der Waals surface area (Å²) in [6, 6.07) is 15.0. The van der Waals surface area contributed by atoms with Crippen LogP contribution in [-0.2, 0) is 6.54 Å². The van der Waals surface area contributed by atoms with Crippen molar-refractivity contribution in [3.63, 3.8) is 0 Å². The molecule has 2 aromatic carbocycles. The highest BCUT2D eigenvalue weighted by atomic mass is 16.5. The molecule has 0 aromatic heterocycles. The lowest BCUT2D eigenvalue weighted by atomic mass is 10.2. The molecule has 0 atom stereocenters. The maximum absolute atomic E-state index is 10.2. The van der Waals surface area contributed by atoms with Gasteiger partial charge in [-0.1, -0.05) is 12.1 Å². The molecule has 0 spiro atoms. The molecule has 0 amide bonds. The third-order valence-electron chi connectivity index (χ3n) is 2.79. The minimum Gasteiger partial charge on any atom is -0.497 e. The number of carbonyl (C=O) groups is 1. The normalized spacial score (nSPS) is 8.74. The zero-order valence-electron chi connectivity index (χ0n) is 14.2. The summed E-state index contributed by atoms with van der Waals surface area (Å²) in [4.78, 5) is 10.2. The number of ether oxygens (including phenoxy) is 2. The largest absolute Gasteiger partial charge is 0.497 e. The molecule has 0 heterocycles. The van der Waals surface area contributed by atoms with Crippen molar-refractivity contribution in [2.45, 2.75) is 6.54 Å². The first kappa shape index (κ1) is 20.6. The van der Waals surface area contributed by atoms with Gasteiger partial charge in [0.2, 0.25) is 0 Å². The van der Waals surface area contributed by atoms with Crippen molar-refractivity contribution in [2.75, 3.05) is 28.3 Å². The van der Waals surface area contributed by atoms with Crippen LogP contribution in [0.1, 0.15) is 15.9 Å². The standard InChI is InChI=1S/C9H13NO.C8H8O2.CH5N/c1-10-7-8-3-5-9(11-2)6-4-8;1-10-8-4-2-7(6-9)3-5-8;1-2/h3-6,10H,7H2,1-2H3;2-6H,1H3;2H2,1H3. The van der Waals surface area contributed by atoms with Crippen LogP contribution in [0.4, 0.5) is 0 Å². The molecule has 5 heteroatoms. The molecule has 0 aliphatic rings. The minimum absolute atomic E-state index is 0.667. The Labute approximate surface area is 138 Å². The number of methoxy groups -OCH3 is 2. The summed E-state index contributed by atoms with van der Waals surface area (Å²) < 4.78 is 9.92. The molecule has 5 nitrogen and oxygen atoms in total. The molecule has 23 heavy (non-hydrogen) atoms. The van der Waals surface area contributed by atoms with Gasteiger partial charge < -0.3 is 20.5 Å². The van der Waals surface area contributed by atoms with Gasteiger partial charge in [-0.2, -0.15) is 0 Å². The van der Waals surface area contributed by atoms with Gasteiger partial charge in [-0.25, -0.2) is 0 Å². The minimum atomic E-state index is 0.667. The van der Waals surface area contributed by atoms with Gasteiger partial charge >= 0.3 is 0 Å². The highest BCUT2D eigenvalue weighted by Gasteiger charge is 1.91. The summed E-state index contributed by atoms with van der Waals surface area (Å²) in [5.41, 5.74) is 6.44. The lowest BCUT2D eigenvalue weighted by Crippen LogP contribution is -2.04. The molecule has 3 N–H and O–H groups in total. The number of hydrogen-bond acceptors (Lipinski definition) is 5. The highest BCUT2D eigenvalue weighted by molar-refractivity contribution is 5.74. The smallest absolute Gasteiger partial charge is 0.150 e. The first-order valence-electron chi connectivity index (χ1n) is 7.18. The number of rotatable bonds is 5. The zero-order chi connectivity index (χ0) is 17.5. The summed E-state index contributed by atoms with van der Waals surface area (Å²) in [6.45, 7) is 0.907. The molecule has 2 aromatic rings. The Hall–Kier alpha value is -2.37. The van der Waals surface area contributed by atoms with E-state index in [9.17, 15) is 4.79 Å². The van der Waals surface area contributed by atoms with Gasteiger partial charge in [0.15, 0.2) is 0 Å². The number of nitrogens with two attached hydrogens (primary N) is 1. The third-order valence-corrected chi connectivity index (χ3v) is 2.79. The van der Waals surface area contributed by atoms with Gasteiger partial charge in [-0.3, -0.25) is 4.79 Å². The molecule has 0 fully saturated rings. The SMILES string of the molecule is CN.CNCc1ccc(OC)cc1.COc1ccc(C=O)cc1. The van der Waals surface area contributed by atoms with Crippen LogP contribution in [0.3, 0.4) is 0 Å². The van der Waals surface area contributed by atoms with Crippen LogP contribution in [0.2, 0.25) is 0 Å². The van der Waals surface area contributed by atoms with E-state index >= 15 is 0 Å². The third kappa shape index (κ3) is 8.60. The molecular weight excluding hydrogens is 292 g/mol. The van der Waals surface area contributed by atoms with Crippen molar-refractivity contribution in [3.8, 4) is 11.5 Å². The Bertz CT molecular complexity index is 525. The Morgan fingerprint density at radius 1 is 0.913 bits per heavy atom. The molecule has 0 unspecified atom stereocenters. The number of aldehydes is 1. The van der Waals surface area contributed by atoms with E-state index in [1.165, 1.54) is 12.6 Å². The average Bonchev–Trinajstić information content (AvgIpc) is 2.65. The van der Waals surface area contributed by atoms with E-state index in [0.29, 0.717) is 5.56 Å². The van der Waals surface area contributed by atoms with E-state index < -0.39 is 0 Å². The predicted molar refractivity (Wildman–Crippen MR) is 94.3 cm³/mol. The monoisotopic (exact) mass is 318 g/mol. The Morgan fingerprint density at radius 2 is 1.35 bits per heavy atom. The van der Waals surface area contributed by atoms with Crippen molar-refractivity contribution < 1.29 is 14.3 Å². The fourth-order valence-electron chi connectivity index (χ4n) is 1.63. The first-order chi connectivity index (χ1) is 11.2. The van der Waals surface area contributed by atoms with Gasteiger partial charge in [-0.05, 0) is 56.1 Å². The van der Waals surface area contributed by atoms with E-state index in [0.717, 1.165) is 24.3 Å². The van der Waals surface area contributed by atoms with Crippen molar-refractivity contribution >= 4 is 6.29 Å². The van der Waals surface area contributed by atoms with Crippen molar-refractivity contribution in [1.29, 1.82) is 0 Å². The van der Waals surface area contributed by atoms with Crippen LogP contribution in [0, 0.1) is 0 Å². The fourth-order valence-corrected chi connectivity index (χ4v) is 1.63. The van der Waals surface area contributed by atoms with E-state index in [1.54, 1.807) is 38.5 Å². The summed E-state index contributed by atoms with van der Waals surface area (Å²) in [5, 5.41) is 3.08. The lowest BCUT2D eigenvalue weighted by molar-refractivity contribution is 0.112. The molecule has 2 rings (SSSR count). The molecule has 126 valence electrons. The second-order valence-corrected chi connectivity index (χ2v) is 4.27. The summed E-state index contributed by atoms with van der Waals surface area (Å²) >= 11 is 0. The molecule has 0 bridgehead atoms. The molecule has 0 saturated heterocycles. The van der Waals surface area contributed by atoms with Crippen LogP contribution < -0.4 is 20.5 Å². The van der Waals surface area contributed by atoms with Crippen LogP contribution in [-0.4, -0.2) is 34.6 Å². The van der Waals surface area contributed by atoms with Gasteiger partial charge in [0.25, 0.3) is 0 Å². The number of carbonyl (C=O) groups excluding carboxylic acids is 1. The quantitative estimate of drug-likeness (QED) is 0.829. The summed E-state index contributed by atoms with van der Waals surface area (Å²) in [7, 11) is 6.70. The van der Waals surface area contributed by atoms with Gasteiger partial charge in [0, 0.05) is 12.1 Å². The predicted octanol–water partition coefficient (Wildman–Crippen LogP) is 2.50. The van der Waals surface area contributed by atoms with E-state index in [-0.39, 0.29) is 0 Å². The average molecular weight is 318 g/mol. The van der Waals surface area contributed by atoms with Gasteiger partial charge in [-0.15, -0.1) is 0 Å². The first-order valence-corrected chi connectivity index (χ1v) is 7.18. The zero-order valence-corrected chi connectivity index (χ0v) is 14.2. The molecule has 0 saturated carbocycles. The topological polar surface area (TPSA) is 73.6 Å². The number of benzene rings is 2. The van der Waals surface area contributed by atoms with E-state index in [4.69, 9.17) is 9.47 Å². The second kappa shape index (κ2) is 13.3. The Morgan fingerprint density at radius 3 is 1.70 bits per heavy atom. The maximum atomic E-state index is 10.2. The maximum Gasteiger partial charge on any atom is 0.150 e. The van der Waals surface area contributed by atoms with Crippen LogP contribution in [0.5, 0.6) is 11.5 Å². The van der Waals surface area contributed by atoms with Crippen LogP contribution in [0.15, 0.2) is 48.5 Å². The van der Waals surface area contributed by atoms with E-state index in [1.807, 2.05) is 19.2 Å². The van der Waals surface area contributed by atoms with Crippen molar-refractivity contribution in [1.82, 2.24) is 5.32 Å². The molecule has 0 aliphatic carbocycles. The van der Waals surface area contributed by atoms with Gasteiger partial charge in [0.1, 0.15) is 17.8 Å². The van der Waals surface area contributed by atoms with Crippen LogP contribution in [0.25, 0.3) is 0 Å². The van der Waals surface area contributed by atoms with Crippen molar-refractivity contribution in [3.05, 3.63) is 59.7 Å².